The number of hydrogen-bond acceptors (Lipinski definition) is 5. The summed E-state index contributed by atoms with van der Waals surface area (Å²) in [6.07, 6.45) is 2.54. The molecule has 1 fully saturated rings. The molecule has 0 aliphatic carbocycles. The van der Waals surface area contributed by atoms with Crippen LogP contribution in [0, 0.1) is 10.1 Å². The van der Waals surface area contributed by atoms with E-state index in [1.807, 2.05) is 6.92 Å². The first-order chi connectivity index (χ1) is 10.0. The van der Waals surface area contributed by atoms with Crippen LogP contribution in [0.3, 0.4) is 0 Å². The Kier molecular flexibility index (Phi) is 4.82. The van der Waals surface area contributed by atoms with Crippen LogP contribution in [-0.4, -0.2) is 39.9 Å². The van der Waals surface area contributed by atoms with Gasteiger partial charge in [0, 0.05) is 32.2 Å². The molecular weight excluding hydrogens is 270 g/mol. The normalized spacial score (nSPS) is 22.6. The lowest BCUT2D eigenvalue weighted by Crippen LogP contribution is -2.56. The maximum atomic E-state index is 11.5. The third-order valence-corrected chi connectivity index (χ3v) is 4.32. The lowest BCUT2D eigenvalue weighted by Gasteiger charge is -2.40. The number of nitrogens with zero attached hydrogens (tertiary/aromatic N) is 4. The van der Waals surface area contributed by atoms with Gasteiger partial charge in [-0.15, -0.1) is 0 Å². The van der Waals surface area contributed by atoms with Crippen LogP contribution in [0.15, 0.2) is 0 Å². The van der Waals surface area contributed by atoms with Crippen molar-refractivity contribution in [3.63, 3.8) is 0 Å². The minimum atomic E-state index is -0.281. The van der Waals surface area contributed by atoms with Crippen LogP contribution in [0.5, 0.6) is 0 Å². The zero-order valence-corrected chi connectivity index (χ0v) is 13.3. The van der Waals surface area contributed by atoms with Crippen LogP contribution in [0.1, 0.15) is 39.3 Å². The number of nitrogens with one attached hydrogen (secondary N) is 1. The lowest BCUT2D eigenvalue weighted by atomic mass is 10.0. The molecule has 2 rings (SSSR count). The van der Waals surface area contributed by atoms with Gasteiger partial charge in [0.05, 0.1) is 4.92 Å². The Bertz CT molecular complexity index is 514. The summed E-state index contributed by atoms with van der Waals surface area (Å²) < 4.78 is 1.68. The number of hydrogen-bond donors (Lipinski definition) is 1. The van der Waals surface area contributed by atoms with Gasteiger partial charge < -0.3 is 10.2 Å². The van der Waals surface area contributed by atoms with Gasteiger partial charge in [-0.1, -0.05) is 20.8 Å². The van der Waals surface area contributed by atoms with Crippen LogP contribution in [0.2, 0.25) is 0 Å². The van der Waals surface area contributed by atoms with Crippen LogP contribution < -0.4 is 10.2 Å². The second kappa shape index (κ2) is 6.43. The van der Waals surface area contributed by atoms with Gasteiger partial charge in [0.1, 0.15) is 5.69 Å². The summed E-state index contributed by atoms with van der Waals surface area (Å²) in [7, 11) is 1.80. The van der Waals surface area contributed by atoms with E-state index in [1.165, 1.54) is 0 Å². The Labute approximate surface area is 125 Å². The van der Waals surface area contributed by atoms with Gasteiger partial charge in [0.25, 0.3) is 0 Å². The molecule has 1 N–H and O–H groups in total. The van der Waals surface area contributed by atoms with E-state index in [1.54, 1.807) is 11.7 Å². The van der Waals surface area contributed by atoms with Crippen molar-refractivity contribution in [2.24, 2.45) is 7.05 Å². The summed E-state index contributed by atoms with van der Waals surface area (Å²) in [5, 5.41) is 19.4. The Balaban J connectivity index is 2.46. The fourth-order valence-corrected chi connectivity index (χ4v) is 3.07. The van der Waals surface area contributed by atoms with Gasteiger partial charge in [0.2, 0.25) is 5.82 Å². The van der Waals surface area contributed by atoms with E-state index in [9.17, 15) is 10.1 Å². The largest absolute Gasteiger partial charge is 0.345 e. The second-order valence-corrected chi connectivity index (χ2v) is 5.58. The van der Waals surface area contributed by atoms with Crippen molar-refractivity contribution in [2.45, 2.75) is 52.1 Å². The highest BCUT2D eigenvalue weighted by atomic mass is 16.6. The average molecular weight is 295 g/mol. The summed E-state index contributed by atoms with van der Waals surface area (Å²) in [5.41, 5.74) is 0.745. The summed E-state index contributed by atoms with van der Waals surface area (Å²) in [6.45, 7) is 7.81. The highest BCUT2D eigenvalue weighted by Crippen LogP contribution is 2.34. The monoisotopic (exact) mass is 295 g/mol. The average Bonchev–Trinajstić information content (AvgIpc) is 2.83. The number of piperazine rings is 1. The quantitative estimate of drug-likeness (QED) is 0.663. The number of aryl methyl sites for hydroxylation is 2. The Morgan fingerprint density at radius 2 is 2.10 bits per heavy atom. The van der Waals surface area contributed by atoms with Gasteiger partial charge in [-0.25, -0.2) is 4.68 Å². The van der Waals surface area contributed by atoms with E-state index < -0.39 is 0 Å². The maximum absolute atomic E-state index is 11.5. The molecule has 1 aromatic heterocycles. The standard InChI is InChI=1S/C14H25N5O2/c1-5-10-9-18(11(6-2)8-15-10)14-13(19(20)21)12(7-3)16-17(14)4/h10-11,15H,5-9H2,1-4H3. The maximum Gasteiger partial charge on any atom is 0.334 e. The summed E-state index contributed by atoms with van der Waals surface area (Å²) >= 11 is 0. The molecule has 2 atom stereocenters. The fourth-order valence-electron chi connectivity index (χ4n) is 3.07. The molecule has 1 aromatic rings. The summed E-state index contributed by atoms with van der Waals surface area (Å²) in [4.78, 5) is 13.4. The molecule has 0 radical (unpaired) electrons. The number of aromatic nitrogens is 2. The van der Waals surface area contributed by atoms with Gasteiger partial charge >= 0.3 is 5.69 Å². The molecule has 0 amide bonds. The summed E-state index contributed by atoms with van der Waals surface area (Å²) in [5.74, 6) is 0.656. The van der Waals surface area contributed by atoms with E-state index in [2.05, 4.69) is 29.2 Å². The Morgan fingerprint density at radius 1 is 1.38 bits per heavy atom. The first-order valence-corrected chi connectivity index (χ1v) is 7.73. The minimum Gasteiger partial charge on any atom is -0.345 e. The smallest absolute Gasteiger partial charge is 0.334 e. The van der Waals surface area contributed by atoms with Crippen molar-refractivity contribution in [3.8, 4) is 0 Å². The highest BCUT2D eigenvalue weighted by molar-refractivity contribution is 5.62. The molecule has 21 heavy (non-hydrogen) atoms. The van der Waals surface area contributed by atoms with Gasteiger partial charge in [0.15, 0.2) is 0 Å². The Morgan fingerprint density at radius 3 is 2.62 bits per heavy atom. The molecule has 118 valence electrons. The molecule has 1 aliphatic heterocycles. The first kappa shape index (κ1) is 15.8. The third-order valence-electron chi connectivity index (χ3n) is 4.32. The SMILES string of the molecule is CCc1nn(C)c(N2CC(CC)NCC2CC)c1[N+](=O)[O-]. The van der Waals surface area contributed by atoms with Crippen LogP contribution in [0.25, 0.3) is 0 Å². The van der Waals surface area contributed by atoms with Crippen molar-refractivity contribution in [2.75, 3.05) is 18.0 Å². The van der Waals surface area contributed by atoms with Gasteiger partial charge in [-0.2, -0.15) is 5.10 Å². The summed E-state index contributed by atoms with van der Waals surface area (Å²) in [6, 6.07) is 0.638. The van der Waals surface area contributed by atoms with E-state index >= 15 is 0 Å². The zero-order valence-electron chi connectivity index (χ0n) is 13.3. The van der Waals surface area contributed by atoms with E-state index in [-0.39, 0.29) is 16.7 Å². The molecule has 0 aromatic carbocycles. The molecule has 0 spiro atoms. The number of rotatable bonds is 5. The topological polar surface area (TPSA) is 76.2 Å². The van der Waals surface area contributed by atoms with Crippen molar-refractivity contribution in [3.05, 3.63) is 15.8 Å². The number of anilines is 1. The Hall–Kier alpha value is -1.63. The van der Waals surface area contributed by atoms with E-state index in [4.69, 9.17) is 0 Å². The van der Waals surface area contributed by atoms with Crippen LogP contribution in [0.4, 0.5) is 11.5 Å². The van der Waals surface area contributed by atoms with Crippen molar-refractivity contribution in [1.82, 2.24) is 15.1 Å². The van der Waals surface area contributed by atoms with E-state index in [0.717, 1.165) is 25.9 Å². The van der Waals surface area contributed by atoms with Crippen LogP contribution >= 0.6 is 0 Å². The molecule has 2 heterocycles. The predicted octanol–water partition coefficient (Wildman–Crippen LogP) is 1.86. The molecular formula is C14H25N5O2. The molecule has 0 bridgehead atoms. The molecule has 7 nitrogen and oxygen atoms in total. The van der Waals surface area contributed by atoms with E-state index in [0.29, 0.717) is 24.0 Å². The van der Waals surface area contributed by atoms with Crippen molar-refractivity contribution in [1.29, 1.82) is 0 Å². The minimum absolute atomic E-state index is 0.176. The molecule has 1 aliphatic rings. The zero-order chi connectivity index (χ0) is 15.6. The molecule has 1 saturated heterocycles. The first-order valence-electron chi connectivity index (χ1n) is 7.73. The predicted molar refractivity (Wildman–Crippen MR) is 82.7 cm³/mol. The molecule has 7 heteroatoms. The van der Waals surface area contributed by atoms with Crippen molar-refractivity contribution < 1.29 is 4.92 Å². The molecule has 0 saturated carbocycles. The van der Waals surface area contributed by atoms with Crippen LogP contribution in [-0.2, 0) is 13.5 Å². The van der Waals surface area contributed by atoms with Gasteiger partial charge in [-0.3, -0.25) is 10.1 Å². The van der Waals surface area contributed by atoms with Crippen molar-refractivity contribution >= 4 is 11.5 Å². The molecule has 2 unspecified atom stereocenters. The lowest BCUT2D eigenvalue weighted by molar-refractivity contribution is -0.384. The van der Waals surface area contributed by atoms with Gasteiger partial charge in [-0.05, 0) is 19.3 Å². The fraction of sp³-hybridized carbons (Fsp3) is 0.786. The second-order valence-electron chi connectivity index (χ2n) is 5.58. The third kappa shape index (κ3) is 2.88. The number of nitro groups is 1. The highest BCUT2D eigenvalue weighted by Gasteiger charge is 2.35.